The van der Waals surface area contributed by atoms with E-state index in [1.807, 2.05) is 39.0 Å². The van der Waals surface area contributed by atoms with Crippen LogP contribution in [0.1, 0.15) is 32.8 Å². The predicted molar refractivity (Wildman–Crippen MR) is 85.5 cm³/mol. The van der Waals surface area contributed by atoms with Gasteiger partial charge in [0.2, 0.25) is 0 Å². The predicted octanol–water partition coefficient (Wildman–Crippen LogP) is 2.15. The number of hydrogen-bond donors (Lipinski definition) is 2. The molecular formula is C17H26N2O3. The Kier molecular flexibility index (Phi) is 5.42. The van der Waals surface area contributed by atoms with Crippen molar-refractivity contribution in [3.05, 3.63) is 35.9 Å². The van der Waals surface area contributed by atoms with E-state index in [9.17, 15) is 9.90 Å². The van der Waals surface area contributed by atoms with E-state index in [4.69, 9.17) is 4.74 Å². The first-order valence-electron chi connectivity index (χ1n) is 7.76. The van der Waals surface area contributed by atoms with Gasteiger partial charge in [0, 0.05) is 25.2 Å². The second-order valence-electron chi connectivity index (χ2n) is 6.83. The van der Waals surface area contributed by atoms with Crippen molar-refractivity contribution in [2.45, 2.75) is 51.4 Å². The van der Waals surface area contributed by atoms with E-state index in [0.717, 1.165) is 19.5 Å². The number of benzene rings is 1. The third-order valence-corrected chi connectivity index (χ3v) is 3.69. The van der Waals surface area contributed by atoms with Crippen LogP contribution in [-0.2, 0) is 11.3 Å². The number of carbonyl (C=O) groups is 1. The maximum Gasteiger partial charge on any atom is 0.407 e. The van der Waals surface area contributed by atoms with Crippen LogP contribution in [0.3, 0.4) is 0 Å². The van der Waals surface area contributed by atoms with Crippen LogP contribution >= 0.6 is 0 Å². The van der Waals surface area contributed by atoms with Gasteiger partial charge >= 0.3 is 6.09 Å². The molecule has 1 fully saturated rings. The maximum atomic E-state index is 11.9. The zero-order chi connectivity index (χ0) is 16.2. The molecule has 5 heteroatoms. The topological polar surface area (TPSA) is 61.8 Å². The van der Waals surface area contributed by atoms with Gasteiger partial charge < -0.3 is 15.2 Å². The molecule has 2 unspecified atom stereocenters. The minimum atomic E-state index is -0.497. The van der Waals surface area contributed by atoms with Crippen LogP contribution in [0.5, 0.6) is 0 Å². The summed E-state index contributed by atoms with van der Waals surface area (Å²) in [6.45, 7) is 7.13. The molecule has 0 spiro atoms. The number of rotatable bonds is 4. The van der Waals surface area contributed by atoms with Gasteiger partial charge in [0.25, 0.3) is 0 Å². The lowest BCUT2D eigenvalue weighted by Crippen LogP contribution is -2.40. The fraction of sp³-hybridized carbons (Fsp3) is 0.588. The lowest BCUT2D eigenvalue weighted by molar-refractivity contribution is 0.0505. The number of carbonyl (C=O) groups excluding carboxylic acids is 1. The smallest absolute Gasteiger partial charge is 0.407 e. The van der Waals surface area contributed by atoms with Crippen LogP contribution in [0.15, 0.2) is 30.3 Å². The summed E-state index contributed by atoms with van der Waals surface area (Å²) < 4.78 is 5.29. The van der Waals surface area contributed by atoms with Crippen molar-refractivity contribution in [3.63, 3.8) is 0 Å². The second-order valence-corrected chi connectivity index (χ2v) is 6.83. The molecule has 0 saturated carbocycles. The zero-order valence-corrected chi connectivity index (χ0v) is 13.6. The number of hydrogen-bond acceptors (Lipinski definition) is 4. The van der Waals surface area contributed by atoms with Crippen LogP contribution in [0.25, 0.3) is 0 Å². The van der Waals surface area contributed by atoms with Gasteiger partial charge in [0.1, 0.15) is 5.60 Å². The van der Waals surface area contributed by atoms with Crippen molar-refractivity contribution in [2.75, 3.05) is 13.2 Å². The second kappa shape index (κ2) is 7.11. The van der Waals surface area contributed by atoms with Crippen molar-refractivity contribution in [1.29, 1.82) is 0 Å². The maximum absolute atomic E-state index is 11.9. The molecule has 0 aromatic heterocycles. The highest BCUT2D eigenvalue weighted by atomic mass is 16.6. The molecule has 22 heavy (non-hydrogen) atoms. The third-order valence-electron chi connectivity index (χ3n) is 3.69. The summed E-state index contributed by atoms with van der Waals surface area (Å²) in [5, 5.41) is 12.5. The largest absolute Gasteiger partial charge is 0.444 e. The van der Waals surface area contributed by atoms with E-state index in [1.165, 1.54) is 5.56 Å². The molecular weight excluding hydrogens is 280 g/mol. The molecule has 1 aliphatic rings. The van der Waals surface area contributed by atoms with Gasteiger partial charge in [0.05, 0.1) is 6.61 Å². The lowest BCUT2D eigenvalue weighted by atomic mass is 10.1. The first-order valence-corrected chi connectivity index (χ1v) is 7.76. The van der Waals surface area contributed by atoms with Gasteiger partial charge in [0.15, 0.2) is 0 Å². The quantitative estimate of drug-likeness (QED) is 0.895. The van der Waals surface area contributed by atoms with E-state index < -0.39 is 11.7 Å². The number of aliphatic hydroxyl groups is 1. The van der Waals surface area contributed by atoms with Gasteiger partial charge in [-0.05, 0) is 32.8 Å². The third kappa shape index (κ3) is 5.00. The summed E-state index contributed by atoms with van der Waals surface area (Å²) >= 11 is 0. The molecule has 2 N–H and O–H groups in total. The Morgan fingerprint density at radius 1 is 1.36 bits per heavy atom. The van der Waals surface area contributed by atoms with Crippen LogP contribution in [0, 0.1) is 0 Å². The summed E-state index contributed by atoms with van der Waals surface area (Å²) in [5.74, 6) is 0. The van der Waals surface area contributed by atoms with Crippen molar-refractivity contribution in [2.24, 2.45) is 0 Å². The highest BCUT2D eigenvalue weighted by molar-refractivity contribution is 5.68. The zero-order valence-electron chi connectivity index (χ0n) is 13.6. The number of nitrogens with one attached hydrogen (secondary N) is 1. The van der Waals surface area contributed by atoms with Crippen molar-refractivity contribution in [3.8, 4) is 0 Å². The average Bonchev–Trinajstić information content (AvgIpc) is 2.79. The van der Waals surface area contributed by atoms with Gasteiger partial charge in [-0.25, -0.2) is 4.79 Å². The van der Waals surface area contributed by atoms with Crippen LogP contribution in [-0.4, -0.2) is 46.9 Å². The molecule has 0 radical (unpaired) electrons. The van der Waals surface area contributed by atoms with Crippen LogP contribution < -0.4 is 5.32 Å². The Morgan fingerprint density at radius 2 is 2.05 bits per heavy atom. The minimum absolute atomic E-state index is 0.00992. The lowest BCUT2D eigenvalue weighted by Gasteiger charge is -2.23. The first-order chi connectivity index (χ1) is 10.4. The minimum Gasteiger partial charge on any atom is -0.444 e. The van der Waals surface area contributed by atoms with E-state index in [1.54, 1.807) is 0 Å². The molecule has 2 atom stereocenters. The van der Waals surface area contributed by atoms with Gasteiger partial charge in [-0.1, -0.05) is 30.3 Å². The molecule has 0 aliphatic carbocycles. The van der Waals surface area contributed by atoms with Gasteiger partial charge in [-0.3, -0.25) is 4.90 Å². The molecule has 1 aromatic carbocycles. The van der Waals surface area contributed by atoms with Crippen molar-refractivity contribution in [1.82, 2.24) is 10.2 Å². The molecule has 122 valence electrons. The van der Waals surface area contributed by atoms with Gasteiger partial charge in [-0.15, -0.1) is 0 Å². The summed E-state index contributed by atoms with van der Waals surface area (Å²) in [7, 11) is 0. The Labute approximate surface area is 132 Å². The SMILES string of the molecule is CC(C)(C)OC(=O)NC1CC(CO)N(Cc2ccccc2)C1. The van der Waals surface area contributed by atoms with Crippen LogP contribution in [0.2, 0.25) is 0 Å². The Balaban J connectivity index is 1.90. The first kappa shape index (κ1) is 16.8. The number of ether oxygens (including phenoxy) is 1. The summed E-state index contributed by atoms with van der Waals surface area (Å²) in [4.78, 5) is 14.1. The van der Waals surface area contributed by atoms with Crippen LogP contribution in [0.4, 0.5) is 4.79 Å². The van der Waals surface area contributed by atoms with Crippen molar-refractivity contribution < 1.29 is 14.6 Å². The Bertz CT molecular complexity index is 484. The Hall–Kier alpha value is -1.59. The van der Waals surface area contributed by atoms with Crippen molar-refractivity contribution >= 4 is 6.09 Å². The monoisotopic (exact) mass is 306 g/mol. The van der Waals surface area contributed by atoms with Gasteiger partial charge in [-0.2, -0.15) is 0 Å². The summed E-state index contributed by atoms with van der Waals surface area (Å²) in [6.07, 6.45) is 0.346. The fourth-order valence-corrected chi connectivity index (χ4v) is 2.76. The number of alkyl carbamates (subject to hydrolysis) is 1. The fourth-order valence-electron chi connectivity index (χ4n) is 2.76. The molecule has 1 saturated heterocycles. The average molecular weight is 306 g/mol. The van der Waals surface area contributed by atoms with E-state index in [0.29, 0.717) is 0 Å². The summed E-state index contributed by atoms with van der Waals surface area (Å²) in [6, 6.07) is 10.2. The number of aliphatic hydroxyl groups excluding tert-OH is 1. The number of nitrogens with zero attached hydrogens (tertiary/aromatic N) is 1. The molecule has 2 rings (SSSR count). The normalized spacial score (nSPS) is 22.5. The van der Waals surface area contributed by atoms with E-state index in [2.05, 4.69) is 22.3 Å². The molecule has 5 nitrogen and oxygen atoms in total. The molecule has 1 amide bonds. The summed E-state index contributed by atoms with van der Waals surface area (Å²) in [5.41, 5.74) is 0.710. The van der Waals surface area contributed by atoms with E-state index >= 15 is 0 Å². The standard InChI is InChI=1S/C17H26N2O3/c1-17(2,3)22-16(21)18-14-9-15(12-20)19(11-14)10-13-7-5-4-6-8-13/h4-8,14-15,20H,9-12H2,1-3H3,(H,18,21). The molecule has 0 bridgehead atoms. The molecule has 1 aromatic rings. The highest BCUT2D eigenvalue weighted by Crippen LogP contribution is 2.21. The Morgan fingerprint density at radius 3 is 2.64 bits per heavy atom. The van der Waals surface area contributed by atoms with E-state index in [-0.39, 0.29) is 18.7 Å². The highest BCUT2D eigenvalue weighted by Gasteiger charge is 2.33. The molecule has 1 heterocycles. The number of amides is 1. The molecule has 1 aliphatic heterocycles. The number of likely N-dealkylation sites (tertiary alicyclic amines) is 1.